The first-order valence-corrected chi connectivity index (χ1v) is 9.56. The molecule has 0 unspecified atom stereocenters. The monoisotopic (exact) mass is 418 g/mol. The lowest BCUT2D eigenvalue weighted by atomic mass is 10.2. The number of imide groups is 1. The highest BCUT2D eigenvalue weighted by molar-refractivity contribution is 6.15. The van der Waals surface area contributed by atoms with Crippen LogP contribution < -0.4 is 10.6 Å². The van der Waals surface area contributed by atoms with E-state index in [1.807, 2.05) is 54.0 Å². The molecule has 1 fully saturated rings. The van der Waals surface area contributed by atoms with Crippen LogP contribution in [-0.2, 0) is 9.59 Å². The highest BCUT2D eigenvalue weighted by atomic mass is 19.1. The average molecular weight is 418 g/mol. The first-order valence-electron chi connectivity index (χ1n) is 9.56. The maximum Gasteiger partial charge on any atom is 0.329 e. The predicted molar refractivity (Wildman–Crippen MR) is 114 cm³/mol. The Hall–Kier alpha value is -4.20. The molecule has 8 heteroatoms. The Morgan fingerprint density at radius 2 is 1.74 bits per heavy atom. The SMILES string of the molecule is Cc1ccc(/C=C2\NC(=O)N(CC(=O)Nc3ccc(F)cc3)C2=O)n1-c1ccccc1. The Labute approximate surface area is 177 Å². The van der Waals surface area contributed by atoms with Crippen molar-refractivity contribution in [1.29, 1.82) is 0 Å². The molecule has 2 heterocycles. The van der Waals surface area contributed by atoms with Crippen molar-refractivity contribution >= 4 is 29.6 Å². The Morgan fingerprint density at radius 3 is 2.45 bits per heavy atom. The van der Waals surface area contributed by atoms with Crippen molar-refractivity contribution in [2.24, 2.45) is 0 Å². The summed E-state index contributed by atoms with van der Waals surface area (Å²) in [6.45, 7) is 1.48. The lowest BCUT2D eigenvalue weighted by Crippen LogP contribution is -2.38. The fourth-order valence-electron chi connectivity index (χ4n) is 3.34. The summed E-state index contributed by atoms with van der Waals surface area (Å²) < 4.78 is 14.9. The number of hydrogen-bond donors (Lipinski definition) is 2. The first kappa shape index (κ1) is 20.1. The summed E-state index contributed by atoms with van der Waals surface area (Å²) in [5.41, 5.74) is 3.04. The van der Waals surface area contributed by atoms with E-state index in [4.69, 9.17) is 0 Å². The highest BCUT2D eigenvalue weighted by Gasteiger charge is 2.35. The molecule has 1 saturated heterocycles. The molecule has 0 bridgehead atoms. The van der Waals surface area contributed by atoms with Crippen LogP contribution in [0.5, 0.6) is 0 Å². The van der Waals surface area contributed by atoms with Crippen molar-refractivity contribution in [2.75, 3.05) is 11.9 Å². The van der Waals surface area contributed by atoms with E-state index < -0.39 is 30.2 Å². The number of urea groups is 1. The molecule has 4 amide bonds. The van der Waals surface area contributed by atoms with Gasteiger partial charge < -0.3 is 15.2 Å². The van der Waals surface area contributed by atoms with Gasteiger partial charge in [0.1, 0.15) is 18.1 Å². The number of amides is 4. The minimum atomic E-state index is -0.681. The van der Waals surface area contributed by atoms with E-state index >= 15 is 0 Å². The number of rotatable bonds is 5. The summed E-state index contributed by atoms with van der Waals surface area (Å²) in [5.74, 6) is -1.60. The largest absolute Gasteiger partial charge is 0.329 e. The lowest BCUT2D eigenvalue weighted by Gasteiger charge is -2.12. The quantitative estimate of drug-likeness (QED) is 0.492. The van der Waals surface area contributed by atoms with Gasteiger partial charge in [-0.05, 0) is 61.5 Å². The third kappa shape index (κ3) is 4.23. The van der Waals surface area contributed by atoms with E-state index in [9.17, 15) is 18.8 Å². The molecule has 0 radical (unpaired) electrons. The topological polar surface area (TPSA) is 83.4 Å². The molecule has 0 spiro atoms. The van der Waals surface area contributed by atoms with Gasteiger partial charge in [-0.2, -0.15) is 0 Å². The second kappa shape index (κ2) is 8.27. The van der Waals surface area contributed by atoms with Crippen molar-refractivity contribution in [2.45, 2.75) is 6.92 Å². The van der Waals surface area contributed by atoms with E-state index in [1.54, 1.807) is 6.08 Å². The number of aryl methyl sites for hydroxylation is 1. The van der Waals surface area contributed by atoms with Crippen molar-refractivity contribution in [3.8, 4) is 5.69 Å². The number of anilines is 1. The number of nitrogens with zero attached hydrogens (tertiary/aromatic N) is 2. The third-order valence-electron chi connectivity index (χ3n) is 4.80. The molecule has 1 aliphatic rings. The first-order chi connectivity index (χ1) is 14.9. The van der Waals surface area contributed by atoms with E-state index in [0.717, 1.165) is 16.3 Å². The zero-order valence-corrected chi connectivity index (χ0v) is 16.6. The maximum atomic E-state index is 13.0. The lowest BCUT2D eigenvalue weighted by molar-refractivity contribution is -0.127. The van der Waals surface area contributed by atoms with Gasteiger partial charge in [-0.25, -0.2) is 14.1 Å². The van der Waals surface area contributed by atoms with Gasteiger partial charge in [0.15, 0.2) is 0 Å². The number of halogens is 1. The maximum absolute atomic E-state index is 13.0. The second-order valence-corrected chi connectivity index (χ2v) is 7.01. The van der Waals surface area contributed by atoms with Gasteiger partial charge in [0.2, 0.25) is 5.91 Å². The minimum absolute atomic E-state index is 0.0786. The minimum Gasteiger partial charge on any atom is -0.325 e. The number of aromatic nitrogens is 1. The predicted octanol–water partition coefficient (Wildman–Crippen LogP) is 3.46. The molecule has 1 aromatic heterocycles. The molecule has 2 N–H and O–H groups in total. The molecule has 7 nitrogen and oxygen atoms in total. The summed E-state index contributed by atoms with van der Waals surface area (Å²) in [7, 11) is 0. The van der Waals surface area contributed by atoms with Crippen LogP contribution in [0, 0.1) is 12.7 Å². The van der Waals surface area contributed by atoms with Crippen molar-refractivity contribution in [3.05, 3.63) is 89.6 Å². The Bertz CT molecular complexity index is 1180. The summed E-state index contributed by atoms with van der Waals surface area (Å²) in [4.78, 5) is 38.1. The van der Waals surface area contributed by atoms with Crippen LogP contribution >= 0.6 is 0 Å². The summed E-state index contributed by atoms with van der Waals surface area (Å²) in [6, 6.07) is 17.9. The standard InChI is InChI=1S/C23H19FN4O3/c1-15-7-12-19(28(15)18-5-3-2-4-6-18)13-20-22(30)27(23(31)26-20)14-21(29)25-17-10-8-16(24)9-11-17/h2-13H,14H2,1H3,(H,25,29)(H,26,31)/b20-13-. The van der Waals surface area contributed by atoms with Crippen molar-refractivity contribution in [3.63, 3.8) is 0 Å². The highest BCUT2D eigenvalue weighted by Crippen LogP contribution is 2.21. The second-order valence-electron chi connectivity index (χ2n) is 7.01. The van der Waals surface area contributed by atoms with E-state index in [1.165, 1.54) is 24.3 Å². The van der Waals surface area contributed by atoms with E-state index in [0.29, 0.717) is 11.4 Å². The van der Waals surface area contributed by atoms with Crippen LogP contribution in [-0.4, -0.2) is 33.9 Å². The molecule has 3 aromatic rings. The average Bonchev–Trinajstić information content (AvgIpc) is 3.24. The molecule has 2 aromatic carbocycles. The van der Waals surface area contributed by atoms with Gasteiger partial charge in [-0.15, -0.1) is 0 Å². The van der Waals surface area contributed by atoms with Gasteiger partial charge >= 0.3 is 6.03 Å². The van der Waals surface area contributed by atoms with Gasteiger partial charge in [0.05, 0.1) is 0 Å². The van der Waals surface area contributed by atoms with Crippen LogP contribution in [0.15, 0.2) is 72.4 Å². The smallest absolute Gasteiger partial charge is 0.325 e. The van der Waals surface area contributed by atoms with Crippen LogP contribution in [0.2, 0.25) is 0 Å². The van der Waals surface area contributed by atoms with E-state index in [-0.39, 0.29) is 5.70 Å². The van der Waals surface area contributed by atoms with Gasteiger partial charge in [-0.1, -0.05) is 18.2 Å². The zero-order valence-electron chi connectivity index (χ0n) is 16.6. The number of nitrogens with one attached hydrogen (secondary N) is 2. The molecular weight excluding hydrogens is 399 g/mol. The van der Waals surface area contributed by atoms with Crippen LogP contribution in [0.1, 0.15) is 11.4 Å². The van der Waals surface area contributed by atoms with Gasteiger partial charge in [0.25, 0.3) is 5.91 Å². The molecule has 0 atom stereocenters. The Morgan fingerprint density at radius 1 is 1.03 bits per heavy atom. The number of carbonyl (C=O) groups excluding carboxylic acids is 3. The van der Waals surface area contributed by atoms with Crippen molar-refractivity contribution < 1.29 is 18.8 Å². The Balaban J connectivity index is 1.52. The molecule has 4 rings (SSSR count). The summed E-state index contributed by atoms with van der Waals surface area (Å²) >= 11 is 0. The molecule has 0 aliphatic carbocycles. The fraction of sp³-hybridized carbons (Fsp3) is 0.0870. The molecule has 156 valence electrons. The number of para-hydroxylation sites is 1. The Kier molecular flexibility index (Phi) is 5.36. The third-order valence-corrected chi connectivity index (χ3v) is 4.80. The normalized spacial score (nSPS) is 14.8. The summed E-state index contributed by atoms with van der Waals surface area (Å²) in [5, 5.41) is 5.06. The van der Waals surface area contributed by atoms with E-state index in [2.05, 4.69) is 10.6 Å². The zero-order chi connectivity index (χ0) is 22.0. The molecular formula is C23H19FN4O3. The van der Waals surface area contributed by atoms with Crippen LogP contribution in [0.3, 0.4) is 0 Å². The molecule has 1 aliphatic heterocycles. The van der Waals surface area contributed by atoms with Gasteiger partial charge in [0, 0.05) is 22.8 Å². The number of benzene rings is 2. The van der Waals surface area contributed by atoms with Crippen LogP contribution in [0.4, 0.5) is 14.9 Å². The number of carbonyl (C=O) groups is 3. The van der Waals surface area contributed by atoms with Gasteiger partial charge in [-0.3, -0.25) is 9.59 Å². The summed E-state index contributed by atoms with van der Waals surface area (Å²) in [6.07, 6.45) is 1.58. The number of hydrogen-bond acceptors (Lipinski definition) is 3. The fourth-order valence-corrected chi connectivity index (χ4v) is 3.34. The van der Waals surface area contributed by atoms with Crippen molar-refractivity contribution in [1.82, 2.24) is 14.8 Å². The molecule has 0 saturated carbocycles. The van der Waals surface area contributed by atoms with Crippen LogP contribution in [0.25, 0.3) is 11.8 Å². The molecule has 31 heavy (non-hydrogen) atoms.